The number of nitrogens with zero attached hydrogens (tertiary/aromatic N) is 2. The highest BCUT2D eigenvalue weighted by atomic mass is 19.4. The van der Waals surface area contributed by atoms with Crippen LogP contribution in [0.1, 0.15) is 31.9 Å². The zero-order valence-electron chi connectivity index (χ0n) is 10.2. The molecule has 1 atom stereocenters. The molecule has 4 nitrogen and oxygen atoms in total. The molecular weight excluding hydrogens is 245 g/mol. The van der Waals surface area contributed by atoms with Crippen LogP contribution in [0.2, 0.25) is 0 Å². The van der Waals surface area contributed by atoms with E-state index in [9.17, 15) is 13.2 Å². The maximum absolute atomic E-state index is 12.4. The zero-order chi connectivity index (χ0) is 13.6. The molecule has 0 aromatic carbocycles. The summed E-state index contributed by atoms with van der Waals surface area (Å²) < 4.78 is 37.3. The van der Waals surface area contributed by atoms with Gasteiger partial charge in [-0.15, -0.1) is 0 Å². The molecule has 0 fully saturated rings. The number of hydrogen-bond acceptors (Lipinski definition) is 4. The van der Waals surface area contributed by atoms with Crippen LogP contribution in [0.4, 0.5) is 19.1 Å². The Labute approximate surface area is 104 Å². The van der Waals surface area contributed by atoms with Crippen molar-refractivity contribution in [2.45, 2.75) is 38.4 Å². The maximum Gasteiger partial charge on any atom is 0.433 e. The Hall–Kier alpha value is -1.37. The molecule has 7 heteroatoms. The molecule has 3 N–H and O–H groups in total. The number of unbranched alkanes of at least 4 members (excludes halogenated alkanes) is 1. The van der Waals surface area contributed by atoms with Gasteiger partial charge in [-0.05, 0) is 12.5 Å². The first-order valence-electron chi connectivity index (χ1n) is 5.84. The van der Waals surface area contributed by atoms with Crippen LogP contribution in [0.15, 0.2) is 12.3 Å². The van der Waals surface area contributed by atoms with Crippen LogP contribution < -0.4 is 11.1 Å². The van der Waals surface area contributed by atoms with Crippen molar-refractivity contribution in [3.05, 3.63) is 18.0 Å². The molecule has 0 radical (unpaired) electrons. The lowest BCUT2D eigenvalue weighted by atomic mass is 10.1. The van der Waals surface area contributed by atoms with Crippen LogP contribution in [0, 0.1) is 0 Å². The standard InChI is InChI=1S/C11H17F3N4/c1-2-3-4-8(7-15)17-10-16-6-5-9(18-10)11(12,13)14/h5-6,8H,2-4,7,15H2,1H3,(H,16,17,18). The van der Waals surface area contributed by atoms with Crippen molar-refractivity contribution in [1.82, 2.24) is 9.97 Å². The first kappa shape index (κ1) is 14.7. The number of nitrogens with one attached hydrogen (secondary N) is 1. The van der Waals surface area contributed by atoms with Crippen LogP contribution in [-0.4, -0.2) is 22.6 Å². The van der Waals surface area contributed by atoms with E-state index < -0.39 is 11.9 Å². The number of aromatic nitrogens is 2. The van der Waals surface area contributed by atoms with Crippen molar-refractivity contribution >= 4 is 5.95 Å². The predicted molar refractivity (Wildman–Crippen MR) is 63.0 cm³/mol. The SMILES string of the molecule is CCCCC(CN)Nc1nccc(C(F)(F)F)n1. The van der Waals surface area contributed by atoms with Crippen molar-refractivity contribution in [3.63, 3.8) is 0 Å². The zero-order valence-corrected chi connectivity index (χ0v) is 10.2. The van der Waals surface area contributed by atoms with Gasteiger partial charge in [0.1, 0.15) is 5.69 Å². The minimum Gasteiger partial charge on any atom is -0.350 e. The third kappa shape index (κ3) is 4.48. The summed E-state index contributed by atoms with van der Waals surface area (Å²) in [4.78, 5) is 7.21. The Morgan fingerprint density at radius 2 is 2.17 bits per heavy atom. The number of anilines is 1. The summed E-state index contributed by atoms with van der Waals surface area (Å²) in [7, 11) is 0. The van der Waals surface area contributed by atoms with Gasteiger partial charge >= 0.3 is 6.18 Å². The Morgan fingerprint density at radius 1 is 1.44 bits per heavy atom. The Balaban J connectivity index is 2.71. The van der Waals surface area contributed by atoms with E-state index in [1.165, 1.54) is 0 Å². The molecule has 1 unspecified atom stereocenters. The smallest absolute Gasteiger partial charge is 0.350 e. The Bertz CT molecular complexity index is 368. The van der Waals surface area contributed by atoms with Crippen molar-refractivity contribution in [2.75, 3.05) is 11.9 Å². The maximum atomic E-state index is 12.4. The molecule has 0 aliphatic heterocycles. The van der Waals surface area contributed by atoms with Gasteiger partial charge in [-0.1, -0.05) is 19.8 Å². The quantitative estimate of drug-likeness (QED) is 0.826. The summed E-state index contributed by atoms with van der Waals surface area (Å²) in [5, 5.41) is 2.83. The molecule has 1 aromatic rings. The third-order valence-corrected chi connectivity index (χ3v) is 2.47. The second kappa shape index (κ2) is 6.53. The molecule has 1 rings (SSSR count). The fourth-order valence-corrected chi connectivity index (χ4v) is 1.47. The summed E-state index contributed by atoms with van der Waals surface area (Å²) in [6.45, 7) is 2.37. The highest BCUT2D eigenvalue weighted by Crippen LogP contribution is 2.27. The summed E-state index contributed by atoms with van der Waals surface area (Å²) in [6, 6.07) is 0.739. The number of rotatable bonds is 6. The van der Waals surface area contributed by atoms with Crippen molar-refractivity contribution < 1.29 is 13.2 Å². The van der Waals surface area contributed by atoms with E-state index in [-0.39, 0.29) is 12.0 Å². The third-order valence-electron chi connectivity index (χ3n) is 2.47. The lowest BCUT2D eigenvalue weighted by Gasteiger charge is -2.16. The van der Waals surface area contributed by atoms with Gasteiger partial charge in [0.25, 0.3) is 0 Å². The van der Waals surface area contributed by atoms with E-state index in [0.29, 0.717) is 6.54 Å². The largest absolute Gasteiger partial charge is 0.433 e. The van der Waals surface area contributed by atoms with E-state index >= 15 is 0 Å². The summed E-state index contributed by atoms with van der Waals surface area (Å²) in [5.41, 5.74) is 4.59. The molecule has 1 heterocycles. The summed E-state index contributed by atoms with van der Waals surface area (Å²) >= 11 is 0. The van der Waals surface area contributed by atoms with Crippen LogP contribution in [0.25, 0.3) is 0 Å². The average Bonchev–Trinajstić information content (AvgIpc) is 2.33. The number of alkyl halides is 3. The number of halogens is 3. The molecule has 0 saturated carbocycles. The van der Waals surface area contributed by atoms with Crippen molar-refractivity contribution in [3.8, 4) is 0 Å². The van der Waals surface area contributed by atoms with Gasteiger partial charge in [0, 0.05) is 18.8 Å². The predicted octanol–water partition coefficient (Wildman–Crippen LogP) is 2.42. The normalized spacial score (nSPS) is 13.4. The van der Waals surface area contributed by atoms with Crippen molar-refractivity contribution in [2.24, 2.45) is 5.73 Å². The van der Waals surface area contributed by atoms with E-state index in [1.54, 1.807) is 0 Å². The molecule has 0 amide bonds. The van der Waals surface area contributed by atoms with Crippen LogP contribution >= 0.6 is 0 Å². The average molecular weight is 262 g/mol. The van der Waals surface area contributed by atoms with E-state index in [2.05, 4.69) is 15.3 Å². The molecule has 0 aliphatic rings. The molecule has 18 heavy (non-hydrogen) atoms. The van der Waals surface area contributed by atoms with Crippen molar-refractivity contribution in [1.29, 1.82) is 0 Å². The minimum atomic E-state index is -4.46. The van der Waals surface area contributed by atoms with Gasteiger partial charge in [-0.25, -0.2) is 9.97 Å². The molecule has 102 valence electrons. The van der Waals surface area contributed by atoms with Gasteiger partial charge < -0.3 is 11.1 Å². The van der Waals surface area contributed by atoms with Gasteiger partial charge in [-0.3, -0.25) is 0 Å². The van der Waals surface area contributed by atoms with E-state index in [4.69, 9.17) is 5.73 Å². The topological polar surface area (TPSA) is 63.8 Å². The van der Waals surface area contributed by atoms with Gasteiger partial charge in [0.05, 0.1) is 0 Å². The second-order valence-electron chi connectivity index (χ2n) is 3.98. The highest BCUT2D eigenvalue weighted by Gasteiger charge is 2.32. The fraction of sp³-hybridized carbons (Fsp3) is 0.636. The van der Waals surface area contributed by atoms with Gasteiger partial charge in [-0.2, -0.15) is 13.2 Å². The molecule has 1 aromatic heterocycles. The molecule has 0 bridgehead atoms. The lowest BCUT2D eigenvalue weighted by molar-refractivity contribution is -0.141. The first-order chi connectivity index (χ1) is 8.47. The lowest BCUT2D eigenvalue weighted by Crippen LogP contribution is -2.30. The fourth-order valence-electron chi connectivity index (χ4n) is 1.47. The van der Waals surface area contributed by atoms with E-state index in [1.807, 2.05) is 6.92 Å². The molecule has 0 saturated heterocycles. The second-order valence-corrected chi connectivity index (χ2v) is 3.98. The summed E-state index contributed by atoms with van der Waals surface area (Å²) in [5.74, 6) is -0.0311. The molecular formula is C11H17F3N4. The monoisotopic (exact) mass is 262 g/mol. The number of hydrogen-bond donors (Lipinski definition) is 2. The van der Waals surface area contributed by atoms with Crippen LogP contribution in [0.5, 0.6) is 0 Å². The minimum absolute atomic E-state index is 0.0311. The van der Waals surface area contributed by atoms with Crippen LogP contribution in [-0.2, 0) is 6.18 Å². The summed E-state index contributed by atoms with van der Waals surface area (Å²) in [6.07, 6.45) is -0.630. The number of nitrogens with two attached hydrogens (primary N) is 1. The first-order valence-corrected chi connectivity index (χ1v) is 5.84. The highest BCUT2D eigenvalue weighted by molar-refractivity contribution is 5.27. The Morgan fingerprint density at radius 3 is 2.72 bits per heavy atom. The van der Waals surface area contributed by atoms with Crippen LogP contribution in [0.3, 0.4) is 0 Å². The van der Waals surface area contributed by atoms with Gasteiger partial charge in [0.2, 0.25) is 5.95 Å². The molecule has 0 aliphatic carbocycles. The van der Waals surface area contributed by atoms with Gasteiger partial charge in [0.15, 0.2) is 0 Å². The van der Waals surface area contributed by atoms with E-state index in [0.717, 1.165) is 31.5 Å². The molecule has 0 spiro atoms. The Kier molecular flexibility index (Phi) is 5.33.